The van der Waals surface area contributed by atoms with Crippen molar-refractivity contribution < 1.29 is 4.79 Å². The molecule has 0 saturated carbocycles. The molecule has 4 rings (SSSR count). The smallest absolute Gasteiger partial charge is 0.234 e. The Kier molecular flexibility index (Phi) is 5.27. The van der Waals surface area contributed by atoms with Gasteiger partial charge in [-0.2, -0.15) is 0 Å². The number of thiophene rings is 1. The standard InChI is InChI=1S/C21H19N3OS2/c1-2-15-8-9-18-19(12-15)27-21(23-18)24(14-16-6-3-4-10-22-16)20(25)13-17-7-5-11-26-17/h3-12H,2,13-14H2,1H3. The van der Waals surface area contributed by atoms with Gasteiger partial charge in [-0.1, -0.05) is 36.5 Å². The van der Waals surface area contributed by atoms with Gasteiger partial charge in [-0.3, -0.25) is 14.7 Å². The average Bonchev–Trinajstić information content (AvgIpc) is 3.35. The summed E-state index contributed by atoms with van der Waals surface area (Å²) in [5.41, 5.74) is 3.06. The van der Waals surface area contributed by atoms with E-state index in [-0.39, 0.29) is 5.91 Å². The second kappa shape index (κ2) is 7.98. The van der Waals surface area contributed by atoms with Crippen molar-refractivity contribution in [1.82, 2.24) is 9.97 Å². The largest absolute Gasteiger partial charge is 0.282 e. The molecule has 27 heavy (non-hydrogen) atoms. The minimum absolute atomic E-state index is 0.0397. The zero-order chi connectivity index (χ0) is 18.6. The van der Waals surface area contributed by atoms with Gasteiger partial charge in [0.05, 0.1) is 28.9 Å². The Morgan fingerprint density at radius 2 is 2.07 bits per heavy atom. The molecule has 0 aliphatic carbocycles. The predicted octanol–water partition coefficient (Wildman–Crippen LogP) is 5.09. The third-order valence-corrected chi connectivity index (χ3v) is 6.25. The van der Waals surface area contributed by atoms with E-state index in [1.807, 2.05) is 41.8 Å². The maximum absolute atomic E-state index is 13.1. The van der Waals surface area contributed by atoms with E-state index < -0.39 is 0 Å². The van der Waals surface area contributed by atoms with Gasteiger partial charge in [0.25, 0.3) is 0 Å². The zero-order valence-electron chi connectivity index (χ0n) is 15.0. The number of aryl methyl sites for hydroxylation is 1. The van der Waals surface area contributed by atoms with E-state index in [2.05, 4.69) is 24.0 Å². The van der Waals surface area contributed by atoms with Gasteiger partial charge in [0, 0.05) is 11.1 Å². The molecule has 136 valence electrons. The predicted molar refractivity (Wildman–Crippen MR) is 112 cm³/mol. The van der Waals surface area contributed by atoms with Crippen LogP contribution in [0.4, 0.5) is 5.13 Å². The normalized spacial score (nSPS) is 11.0. The van der Waals surface area contributed by atoms with Crippen molar-refractivity contribution in [2.75, 3.05) is 4.90 Å². The topological polar surface area (TPSA) is 46.1 Å². The average molecular weight is 394 g/mol. The molecule has 1 aromatic carbocycles. The highest BCUT2D eigenvalue weighted by atomic mass is 32.1. The Labute approximate surface area is 166 Å². The molecule has 0 radical (unpaired) electrons. The fourth-order valence-electron chi connectivity index (χ4n) is 2.87. The number of benzene rings is 1. The number of hydrogen-bond acceptors (Lipinski definition) is 5. The Morgan fingerprint density at radius 1 is 1.15 bits per heavy atom. The van der Waals surface area contributed by atoms with Crippen molar-refractivity contribution in [2.24, 2.45) is 0 Å². The molecular formula is C21H19N3OS2. The Morgan fingerprint density at radius 3 is 2.81 bits per heavy atom. The van der Waals surface area contributed by atoms with Gasteiger partial charge in [-0.15, -0.1) is 11.3 Å². The molecule has 0 saturated heterocycles. The summed E-state index contributed by atoms with van der Waals surface area (Å²) in [5.74, 6) is 0.0397. The highest BCUT2D eigenvalue weighted by Gasteiger charge is 2.21. The quantitative estimate of drug-likeness (QED) is 0.458. The van der Waals surface area contributed by atoms with Crippen LogP contribution in [0.1, 0.15) is 23.1 Å². The van der Waals surface area contributed by atoms with Gasteiger partial charge in [0.2, 0.25) is 5.91 Å². The summed E-state index contributed by atoms with van der Waals surface area (Å²) in [6.45, 7) is 2.56. The van der Waals surface area contributed by atoms with Gasteiger partial charge in [0.1, 0.15) is 0 Å². The van der Waals surface area contributed by atoms with Gasteiger partial charge in [-0.25, -0.2) is 4.98 Å². The molecular weight excluding hydrogens is 374 g/mol. The van der Waals surface area contributed by atoms with E-state index in [0.717, 1.165) is 32.3 Å². The van der Waals surface area contributed by atoms with E-state index in [0.29, 0.717) is 13.0 Å². The van der Waals surface area contributed by atoms with Crippen LogP contribution in [0.15, 0.2) is 60.1 Å². The fraction of sp³-hybridized carbons (Fsp3) is 0.190. The number of hydrogen-bond donors (Lipinski definition) is 0. The number of nitrogens with zero attached hydrogens (tertiary/aromatic N) is 3. The number of carbonyl (C=O) groups is 1. The first kappa shape index (κ1) is 17.8. The highest BCUT2D eigenvalue weighted by molar-refractivity contribution is 7.22. The second-order valence-electron chi connectivity index (χ2n) is 6.21. The number of carbonyl (C=O) groups excluding carboxylic acids is 1. The summed E-state index contributed by atoms with van der Waals surface area (Å²) in [6.07, 6.45) is 3.11. The molecule has 0 unspecified atom stereocenters. The van der Waals surface area contributed by atoms with Gasteiger partial charge < -0.3 is 0 Å². The molecule has 4 aromatic rings. The number of fused-ring (bicyclic) bond motifs is 1. The van der Waals surface area contributed by atoms with Gasteiger partial charge in [-0.05, 0) is 47.7 Å². The Balaban J connectivity index is 1.69. The maximum Gasteiger partial charge on any atom is 0.234 e. The van der Waals surface area contributed by atoms with E-state index in [4.69, 9.17) is 4.98 Å². The summed E-state index contributed by atoms with van der Waals surface area (Å²) < 4.78 is 1.11. The minimum Gasteiger partial charge on any atom is -0.282 e. The van der Waals surface area contributed by atoms with Gasteiger partial charge >= 0.3 is 0 Å². The summed E-state index contributed by atoms with van der Waals surface area (Å²) in [6, 6.07) is 16.0. The molecule has 0 spiro atoms. The van der Waals surface area contributed by atoms with E-state index >= 15 is 0 Å². The first-order valence-electron chi connectivity index (χ1n) is 8.85. The summed E-state index contributed by atoms with van der Waals surface area (Å²) >= 11 is 3.16. The van der Waals surface area contributed by atoms with Crippen LogP contribution in [-0.2, 0) is 24.2 Å². The van der Waals surface area contributed by atoms with Crippen LogP contribution >= 0.6 is 22.7 Å². The van der Waals surface area contributed by atoms with Crippen LogP contribution in [-0.4, -0.2) is 15.9 Å². The lowest BCUT2D eigenvalue weighted by Gasteiger charge is -2.19. The number of pyridine rings is 1. The second-order valence-corrected chi connectivity index (χ2v) is 8.25. The lowest BCUT2D eigenvalue weighted by atomic mass is 10.2. The molecule has 6 heteroatoms. The first-order chi connectivity index (χ1) is 13.2. The molecule has 3 aromatic heterocycles. The molecule has 0 aliphatic heterocycles. The Hall–Kier alpha value is -2.57. The zero-order valence-corrected chi connectivity index (χ0v) is 16.6. The SMILES string of the molecule is CCc1ccc2nc(N(Cc3ccccn3)C(=O)Cc3cccs3)sc2c1. The summed E-state index contributed by atoms with van der Waals surface area (Å²) in [5, 5.41) is 2.72. The van der Waals surface area contributed by atoms with Crippen molar-refractivity contribution in [1.29, 1.82) is 0 Å². The van der Waals surface area contributed by atoms with Crippen molar-refractivity contribution in [3.63, 3.8) is 0 Å². The number of rotatable bonds is 6. The lowest BCUT2D eigenvalue weighted by Crippen LogP contribution is -2.31. The van der Waals surface area contributed by atoms with Crippen molar-refractivity contribution in [3.05, 3.63) is 76.2 Å². The monoisotopic (exact) mass is 393 g/mol. The number of anilines is 1. The molecule has 0 fully saturated rings. The lowest BCUT2D eigenvalue weighted by molar-refractivity contribution is -0.118. The van der Waals surface area contributed by atoms with Gasteiger partial charge in [0.15, 0.2) is 5.13 Å². The van der Waals surface area contributed by atoms with Crippen LogP contribution in [0.3, 0.4) is 0 Å². The number of amides is 1. The highest BCUT2D eigenvalue weighted by Crippen LogP contribution is 2.31. The molecule has 1 amide bonds. The van der Waals surface area contributed by atoms with Crippen LogP contribution < -0.4 is 4.90 Å². The van der Waals surface area contributed by atoms with E-state index in [9.17, 15) is 4.79 Å². The van der Waals surface area contributed by atoms with Crippen molar-refractivity contribution in [3.8, 4) is 0 Å². The minimum atomic E-state index is 0.0397. The third-order valence-electron chi connectivity index (χ3n) is 4.33. The van der Waals surface area contributed by atoms with Crippen LogP contribution in [0.25, 0.3) is 10.2 Å². The molecule has 0 bridgehead atoms. The molecule has 0 N–H and O–H groups in total. The van der Waals surface area contributed by atoms with Crippen LogP contribution in [0.5, 0.6) is 0 Å². The first-order valence-corrected chi connectivity index (χ1v) is 10.5. The number of thiazole rings is 1. The molecule has 0 atom stereocenters. The molecule has 0 aliphatic rings. The molecule has 4 nitrogen and oxygen atoms in total. The van der Waals surface area contributed by atoms with Crippen LogP contribution in [0.2, 0.25) is 0 Å². The van der Waals surface area contributed by atoms with E-state index in [1.165, 1.54) is 5.56 Å². The summed E-state index contributed by atoms with van der Waals surface area (Å²) in [4.78, 5) is 25.0. The Bertz CT molecular complexity index is 1040. The fourth-order valence-corrected chi connectivity index (χ4v) is 4.61. The van der Waals surface area contributed by atoms with E-state index in [1.54, 1.807) is 33.8 Å². The van der Waals surface area contributed by atoms with Crippen molar-refractivity contribution in [2.45, 2.75) is 26.3 Å². The number of aromatic nitrogens is 2. The third kappa shape index (κ3) is 4.07. The maximum atomic E-state index is 13.1. The molecule has 3 heterocycles. The van der Waals surface area contributed by atoms with Crippen molar-refractivity contribution >= 4 is 43.9 Å². The summed E-state index contributed by atoms with van der Waals surface area (Å²) in [7, 11) is 0. The van der Waals surface area contributed by atoms with Crippen LogP contribution in [0, 0.1) is 0 Å².